The van der Waals surface area contributed by atoms with Gasteiger partial charge in [0.25, 0.3) is 0 Å². The fourth-order valence-corrected chi connectivity index (χ4v) is 0.729. The predicted octanol–water partition coefficient (Wildman–Crippen LogP) is -0.784. The molecule has 0 aromatic carbocycles. The van der Waals surface area contributed by atoms with Crippen molar-refractivity contribution in [1.82, 2.24) is 29.9 Å². The molecule has 0 bridgehead atoms. The summed E-state index contributed by atoms with van der Waals surface area (Å²) in [5.74, 6) is 0.875. The minimum Gasteiger partial charge on any atom is -0.368 e. The highest BCUT2D eigenvalue weighted by atomic mass is 15.1. The highest BCUT2D eigenvalue weighted by Crippen LogP contribution is 1.94. The van der Waals surface area contributed by atoms with Gasteiger partial charge in [-0.25, -0.2) is 15.0 Å². The molecule has 0 saturated carbocycles. The molecule has 2 aromatic rings. The first-order valence-electron chi connectivity index (χ1n) is 3.97. The summed E-state index contributed by atoms with van der Waals surface area (Å²) in [6.07, 6.45) is 4.31. The smallest absolute Gasteiger partial charge is 0.225 e. The van der Waals surface area contributed by atoms with Gasteiger partial charge in [0.15, 0.2) is 0 Å². The van der Waals surface area contributed by atoms with Crippen molar-refractivity contribution in [1.29, 1.82) is 0 Å². The zero-order valence-corrected chi connectivity index (χ0v) is 8.07. The van der Waals surface area contributed by atoms with Gasteiger partial charge in [-0.2, -0.15) is 15.0 Å². The lowest BCUT2D eigenvalue weighted by molar-refractivity contribution is 1.00. The summed E-state index contributed by atoms with van der Waals surface area (Å²) in [6, 6.07) is 0. The summed E-state index contributed by atoms with van der Waals surface area (Å²) in [5.41, 5.74) is 10.4. The monoisotopic (exact) mass is 206 g/mol. The van der Waals surface area contributed by atoms with E-state index in [0.29, 0.717) is 5.82 Å². The van der Waals surface area contributed by atoms with Crippen LogP contribution in [0, 0.1) is 6.92 Å². The van der Waals surface area contributed by atoms with Gasteiger partial charge in [-0.1, -0.05) is 0 Å². The highest BCUT2D eigenvalue weighted by molar-refractivity contribution is 5.25. The quantitative estimate of drug-likeness (QED) is 0.573. The van der Waals surface area contributed by atoms with Crippen molar-refractivity contribution < 1.29 is 0 Å². The fraction of sp³-hybridized carbons (Fsp3) is 0.143. The Bertz CT molecular complexity index is 326. The molecule has 0 aliphatic rings. The van der Waals surface area contributed by atoms with E-state index in [1.165, 1.54) is 19.0 Å². The predicted molar refractivity (Wildman–Crippen MR) is 53.2 cm³/mol. The summed E-state index contributed by atoms with van der Waals surface area (Å²) in [7, 11) is 0. The maximum Gasteiger partial charge on any atom is 0.225 e. The van der Waals surface area contributed by atoms with Gasteiger partial charge in [-0.05, 0) is 6.92 Å². The molecule has 0 unspecified atom stereocenters. The van der Waals surface area contributed by atoms with Crippen molar-refractivity contribution in [3.63, 3.8) is 0 Å². The summed E-state index contributed by atoms with van der Waals surface area (Å²) >= 11 is 0. The Labute approximate surface area is 85.9 Å². The Morgan fingerprint density at radius 1 is 0.800 bits per heavy atom. The van der Waals surface area contributed by atoms with Crippen LogP contribution in [-0.4, -0.2) is 29.9 Å². The van der Waals surface area contributed by atoms with Crippen LogP contribution >= 0.6 is 0 Å². The van der Waals surface area contributed by atoms with Crippen LogP contribution in [0.4, 0.5) is 11.9 Å². The number of nitrogens with two attached hydrogens (primary N) is 2. The summed E-state index contributed by atoms with van der Waals surface area (Å²) in [4.78, 5) is 21.7. The molecule has 2 heterocycles. The van der Waals surface area contributed by atoms with Crippen LogP contribution in [0.3, 0.4) is 0 Å². The van der Waals surface area contributed by atoms with E-state index in [2.05, 4.69) is 29.9 Å². The van der Waals surface area contributed by atoms with Crippen LogP contribution in [0.15, 0.2) is 19.0 Å². The van der Waals surface area contributed by atoms with Crippen LogP contribution in [-0.2, 0) is 0 Å². The van der Waals surface area contributed by atoms with Gasteiger partial charge in [0.05, 0.1) is 0 Å². The van der Waals surface area contributed by atoms with E-state index in [9.17, 15) is 0 Å². The molecular weight excluding hydrogens is 196 g/mol. The molecule has 8 nitrogen and oxygen atoms in total. The van der Waals surface area contributed by atoms with E-state index in [4.69, 9.17) is 11.5 Å². The minimum absolute atomic E-state index is 0.167. The van der Waals surface area contributed by atoms with Crippen LogP contribution in [0.25, 0.3) is 0 Å². The first-order chi connectivity index (χ1) is 7.18. The Hall–Kier alpha value is -2.38. The van der Waals surface area contributed by atoms with Gasteiger partial charge in [0.2, 0.25) is 11.9 Å². The second-order valence-corrected chi connectivity index (χ2v) is 2.39. The van der Waals surface area contributed by atoms with Gasteiger partial charge in [0, 0.05) is 0 Å². The third-order valence-corrected chi connectivity index (χ3v) is 1.18. The summed E-state index contributed by atoms with van der Waals surface area (Å²) in [6.45, 7) is 1.70. The topological polar surface area (TPSA) is 129 Å². The highest BCUT2D eigenvalue weighted by Gasteiger charge is 1.93. The van der Waals surface area contributed by atoms with Crippen molar-refractivity contribution in [3.8, 4) is 0 Å². The van der Waals surface area contributed by atoms with Crippen LogP contribution < -0.4 is 11.5 Å². The van der Waals surface area contributed by atoms with Crippen molar-refractivity contribution in [2.24, 2.45) is 0 Å². The number of hydrogen-bond donors (Lipinski definition) is 2. The molecule has 4 N–H and O–H groups in total. The molecule has 0 aliphatic carbocycles. The van der Waals surface area contributed by atoms with Gasteiger partial charge in [-0.15, -0.1) is 0 Å². The standard InChI is InChI=1S/C4H7N5.C3H3N3/c1-2-7-3(5)9-4(6)8-2;1-4-2-6-3-5-1/h1H3,(H4,5,6,7,8,9);1-3H. The molecule has 78 valence electrons. The SMILES string of the molecule is Cc1nc(N)nc(N)n1.c1ncncn1. The molecule has 0 fully saturated rings. The van der Waals surface area contributed by atoms with Crippen LogP contribution in [0.5, 0.6) is 0 Å². The lowest BCUT2D eigenvalue weighted by atomic mass is 10.7. The number of aromatic nitrogens is 6. The third-order valence-electron chi connectivity index (χ3n) is 1.18. The molecule has 15 heavy (non-hydrogen) atoms. The first kappa shape index (κ1) is 10.7. The van der Waals surface area contributed by atoms with E-state index in [-0.39, 0.29) is 11.9 Å². The summed E-state index contributed by atoms with van der Waals surface area (Å²) < 4.78 is 0. The van der Waals surface area contributed by atoms with Crippen molar-refractivity contribution in [2.45, 2.75) is 6.92 Å². The number of nitrogens with zero attached hydrogens (tertiary/aromatic N) is 6. The van der Waals surface area contributed by atoms with Crippen molar-refractivity contribution in [2.75, 3.05) is 11.5 Å². The molecule has 0 amide bonds. The van der Waals surface area contributed by atoms with Gasteiger partial charge in [0.1, 0.15) is 24.8 Å². The zero-order chi connectivity index (χ0) is 11.1. The van der Waals surface area contributed by atoms with E-state index in [1.807, 2.05) is 0 Å². The molecule has 2 rings (SSSR count). The fourth-order valence-electron chi connectivity index (χ4n) is 0.729. The maximum absolute atomic E-state index is 5.22. The molecule has 0 spiro atoms. The van der Waals surface area contributed by atoms with Gasteiger partial charge in [-0.3, -0.25) is 0 Å². The van der Waals surface area contributed by atoms with Crippen molar-refractivity contribution in [3.05, 3.63) is 24.8 Å². The van der Waals surface area contributed by atoms with Crippen molar-refractivity contribution >= 4 is 11.9 Å². The largest absolute Gasteiger partial charge is 0.368 e. The van der Waals surface area contributed by atoms with E-state index in [1.54, 1.807) is 6.92 Å². The number of anilines is 2. The Morgan fingerprint density at radius 3 is 1.47 bits per heavy atom. The average Bonchev–Trinajstić information content (AvgIpc) is 2.19. The van der Waals surface area contributed by atoms with E-state index in [0.717, 1.165) is 0 Å². The van der Waals surface area contributed by atoms with Crippen LogP contribution in [0.2, 0.25) is 0 Å². The Balaban J connectivity index is 0.000000162. The molecule has 0 aliphatic heterocycles. The number of nitrogen functional groups attached to an aromatic ring is 2. The molecule has 0 saturated heterocycles. The normalized spacial score (nSPS) is 8.87. The minimum atomic E-state index is 0.167. The lowest BCUT2D eigenvalue weighted by Crippen LogP contribution is -2.03. The lowest BCUT2D eigenvalue weighted by Gasteiger charge is -1.93. The second kappa shape index (κ2) is 5.37. The van der Waals surface area contributed by atoms with E-state index >= 15 is 0 Å². The number of hydrogen-bond acceptors (Lipinski definition) is 8. The zero-order valence-electron chi connectivity index (χ0n) is 8.07. The molecule has 0 radical (unpaired) electrons. The molecule has 0 atom stereocenters. The maximum atomic E-state index is 5.22. The van der Waals surface area contributed by atoms with E-state index < -0.39 is 0 Å². The third kappa shape index (κ3) is 4.41. The summed E-state index contributed by atoms with van der Waals surface area (Å²) in [5, 5.41) is 0. The molecular formula is C7H10N8. The molecule has 2 aromatic heterocycles. The average molecular weight is 206 g/mol. The van der Waals surface area contributed by atoms with Gasteiger partial charge >= 0.3 is 0 Å². The number of rotatable bonds is 0. The second-order valence-electron chi connectivity index (χ2n) is 2.39. The Kier molecular flexibility index (Phi) is 3.83. The van der Waals surface area contributed by atoms with Crippen LogP contribution in [0.1, 0.15) is 5.82 Å². The number of aryl methyl sites for hydroxylation is 1. The van der Waals surface area contributed by atoms with Gasteiger partial charge < -0.3 is 11.5 Å². The molecule has 8 heteroatoms. The Morgan fingerprint density at radius 2 is 1.20 bits per heavy atom. The first-order valence-corrected chi connectivity index (χ1v) is 3.97.